The third-order valence-corrected chi connectivity index (χ3v) is 7.68. The standard InChI is InChI=1S/C23H34N6OS/c1-27(20-14-30-15-20)10-9-25-29(19-12-26-28(2)13-19)31-16-24-23-21-7-3-5-17(21)11-18-6-4-8-22(18)23/h11-13,20,24-25H,3-10,14-16H2,1-2H3. The van der Waals surface area contributed by atoms with Crippen LogP contribution in [0.1, 0.15) is 35.1 Å². The Balaban J connectivity index is 1.22. The average molecular weight is 443 g/mol. The van der Waals surface area contributed by atoms with Crippen molar-refractivity contribution in [2.45, 2.75) is 44.6 Å². The maximum atomic E-state index is 5.32. The number of benzene rings is 1. The lowest BCUT2D eigenvalue weighted by Gasteiger charge is -2.35. The number of rotatable bonds is 10. The number of hydrazine groups is 1. The second kappa shape index (κ2) is 9.40. The van der Waals surface area contributed by atoms with Gasteiger partial charge in [-0.05, 0) is 79.8 Å². The van der Waals surface area contributed by atoms with E-state index in [9.17, 15) is 0 Å². The first-order valence-corrected chi connectivity index (χ1v) is 12.5. The summed E-state index contributed by atoms with van der Waals surface area (Å²) in [5, 5.41) is 8.18. The molecule has 2 heterocycles. The van der Waals surface area contributed by atoms with E-state index in [1.807, 2.05) is 17.9 Å². The summed E-state index contributed by atoms with van der Waals surface area (Å²) in [6, 6.07) is 3.06. The van der Waals surface area contributed by atoms with Crippen molar-refractivity contribution in [1.82, 2.24) is 20.1 Å². The Morgan fingerprint density at radius 3 is 2.52 bits per heavy atom. The van der Waals surface area contributed by atoms with Gasteiger partial charge in [-0.1, -0.05) is 6.07 Å². The Labute approximate surface area is 189 Å². The van der Waals surface area contributed by atoms with Gasteiger partial charge >= 0.3 is 0 Å². The van der Waals surface area contributed by atoms with E-state index in [1.165, 1.54) is 44.2 Å². The molecular formula is C23H34N6OS. The molecule has 1 aromatic heterocycles. The monoisotopic (exact) mass is 442 g/mol. The minimum atomic E-state index is 0.560. The molecule has 1 aromatic carbocycles. The second-order valence-corrected chi connectivity index (χ2v) is 9.84. The van der Waals surface area contributed by atoms with Gasteiger partial charge in [0.1, 0.15) is 5.69 Å². The van der Waals surface area contributed by atoms with E-state index in [0.29, 0.717) is 6.04 Å². The fourth-order valence-corrected chi connectivity index (χ4v) is 5.68. The van der Waals surface area contributed by atoms with Gasteiger partial charge in [0.2, 0.25) is 0 Å². The number of fused-ring (bicyclic) bond motifs is 2. The first-order valence-electron chi connectivity index (χ1n) is 11.5. The van der Waals surface area contributed by atoms with Crippen LogP contribution < -0.4 is 15.2 Å². The number of aromatic nitrogens is 2. The predicted molar refractivity (Wildman–Crippen MR) is 127 cm³/mol. The van der Waals surface area contributed by atoms with Crippen molar-refractivity contribution in [1.29, 1.82) is 0 Å². The Morgan fingerprint density at radius 2 is 1.90 bits per heavy atom. The molecule has 0 spiro atoms. The highest BCUT2D eigenvalue weighted by molar-refractivity contribution is 8.00. The summed E-state index contributed by atoms with van der Waals surface area (Å²) in [7, 11) is 4.14. The van der Waals surface area contributed by atoms with Crippen LogP contribution in [0.25, 0.3) is 0 Å². The molecule has 0 amide bonds. The van der Waals surface area contributed by atoms with E-state index in [-0.39, 0.29) is 0 Å². The number of nitrogens with one attached hydrogen (secondary N) is 2. The maximum absolute atomic E-state index is 5.32. The summed E-state index contributed by atoms with van der Waals surface area (Å²) in [4.78, 5) is 2.37. The smallest absolute Gasteiger partial charge is 0.103 e. The molecule has 2 N–H and O–H groups in total. The predicted octanol–water partition coefficient (Wildman–Crippen LogP) is 2.76. The minimum Gasteiger partial charge on any atom is -0.378 e. The van der Waals surface area contributed by atoms with Gasteiger partial charge in [0.25, 0.3) is 0 Å². The van der Waals surface area contributed by atoms with Gasteiger partial charge in [-0.2, -0.15) is 5.10 Å². The van der Waals surface area contributed by atoms with Gasteiger partial charge in [0.05, 0.1) is 37.5 Å². The van der Waals surface area contributed by atoms with Crippen molar-refractivity contribution in [3.05, 3.63) is 40.7 Å². The highest BCUT2D eigenvalue weighted by Gasteiger charge is 2.24. The lowest BCUT2D eigenvalue weighted by Crippen LogP contribution is -2.49. The number of likely N-dealkylation sites (N-methyl/N-ethyl adjacent to an activating group) is 1. The van der Waals surface area contributed by atoms with Crippen molar-refractivity contribution in [3.63, 3.8) is 0 Å². The maximum Gasteiger partial charge on any atom is 0.103 e. The van der Waals surface area contributed by atoms with Crippen LogP contribution in [0.3, 0.4) is 0 Å². The van der Waals surface area contributed by atoms with Crippen molar-refractivity contribution < 1.29 is 4.74 Å². The molecule has 2 aliphatic carbocycles. The Bertz CT molecular complexity index is 879. The third-order valence-electron chi connectivity index (χ3n) is 6.81. The van der Waals surface area contributed by atoms with E-state index in [0.717, 1.165) is 37.9 Å². The topological polar surface area (TPSA) is 57.6 Å². The lowest BCUT2D eigenvalue weighted by molar-refractivity contribution is -0.0553. The number of nitrogens with zero attached hydrogens (tertiary/aromatic N) is 4. The molecule has 0 bridgehead atoms. The molecule has 3 aliphatic rings. The van der Waals surface area contributed by atoms with Crippen LogP contribution in [0.15, 0.2) is 18.5 Å². The Kier molecular flexibility index (Phi) is 6.41. The van der Waals surface area contributed by atoms with Crippen LogP contribution in [-0.4, -0.2) is 59.9 Å². The first kappa shape index (κ1) is 21.1. The van der Waals surface area contributed by atoms with E-state index in [1.54, 1.807) is 34.2 Å². The zero-order valence-electron chi connectivity index (χ0n) is 18.7. The number of hydrogen-bond donors (Lipinski definition) is 2. The van der Waals surface area contributed by atoms with Crippen LogP contribution in [-0.2, 0) is 37.5 Å². The fourth-order valence-electron chi connectivity index (χ4n) is 4.91. The number of hydrogen-bond acceptors (Lipinski definition) is 7. The zero-order valence-corrected chi connectivity index (χ0v) is 19.5. The third kappa shape index (κ3) is 4.58. The highest BCUT2D eigenvalue weighted by Crippen LogP contribution is 2.39. The first-order chi connectivity index (χ1) is 15.2. The molecule has 0 atom stereocenters. The van der Waals surface area contributed by atoms with Gasteiger partial charge in [-0.15, -0.1) is 0 Å². The number of anilines is 2. The van der Waals surface area contributed by atoms with Crippen molar-refractivity contribution >= 4 is 23.3 Å². The van der Waals surface area contributed by atoms with Gasteiger partial charge in [-0.3, -0.25) is 9.58 Å². The van der Waals surface area contributed by atoms with E-state index >= 15 is 0 Å². The molecule has 8 heteroatoms. The van der Waals surface area contributed by atoms with Gasteiger partial charge < -0.3 is 10.1 Å². The quantitative estimate of drug-likeness (QED) is 0.333. The summed E-state index contributed by atoms with van der Waals surface area (Å²) < 4.78 is 9.33. The SMILES string of the molecule is CN(CCNN(SCNc1c2c(cc3c1CCC3)CCC2)c1cnn(C)c1)C1COC1. The average Bonchev–Trinajstić information content (AvgIpc) is 3.45. The summed E-state index contributed by atoms with van der Waals surface area (Å²) in [6.07, 6.45) is 11.5. The van der Waals surface area contributed by atoms with E-state index in [4.69, 9.17) is 4.74 Å². The minimum absolute atomic E-state index is 0.560. The summed E-state index contributed by atoms with van der Waals surface area (Å²) in [5.41, 5.74) is 12.4. The van der Waals surface area contributed by atoms with Crippen LogP contribution in [0.5, 0.6) is 0 Å². The fraction of sp³-hybridized carbons (Fsp3) is 0.609. The molecule has 31 heavy (non-hydrogen) atoms. The lowest BCUT2D eigenvalue weighted by atomic mass is 9.99. The molecule has 1 fully saturated rings. The summed E-state index contributed by atoms with van der Waals surface area (Å²) in [5.74, 6) is 0.830. The zero-order chi connectivity index (χ0) is 21.2. The molecular weight excluding hydrogens is 408 g/mol. The van der Waals surface area contributed by atoms with Gasteiger partial charge in [0, 0.05) is 25.8 Å². The molecule has 5 rings (SSSR count). The van der Waals surface area contributed by atoms with Gasteiger partial charge in [-0.25, -0.2) is 9.84 Å². The van der Waals surface area contributed by atoms with Crippen molar-refractivity contribution in [2.75, 3.05) is 49.0 Å². The molecule has 0 unspecified atom stereocenters. The van der Waals surface area contributed by atoms with Crippen LogP contribution in [0, 0.1) is 0 Å². The van der Waals surface area contributed by atoms with E-state index < -0.39 is 0 Å². The highest BCUT2D eigenvalue weighted by atomic mass is 32.2. The van der Waals surface area contributed by atoms with Crippen molar-refractivity contribution in [3.8, 4) is 0 Å². The number of aryl methyl sites for hydroxylation is 3. The molecule has 7 nitrogen and oxygen atoms in total. The summed E-state index contributed by atoms with van der Waals surface area (Å²) >= 11 is 1.77. The summed E-state index contributed by atoms with van der Waals surface area (Å²) in [6.45, 7) is 3.57. The second-order valence-electron chi connectivity index (χ2n) is 8.93. The van der Waals surface area contributed by atoms with Crippen LogP contribution in [0.2, 0.25) is 0 Å². The molecule has 1 saturated heterocycles. The molecule has 0 saturated carbocycles. The molecule has 1 aliphatic heterocycles. The van der Waals surface area contributed by atoms with E-state index in [2.05, 4.69) is 44.5 Å². The van der Waals surface area contributed by atoms with Crippen molar-refractivity contribution in [2.24, 2.45) is 7.05 Å². The Hall–Kier alpha value is -1.74. The normalized spacial score (nSPS) is 17.6. The van der Waals surface area contributed by atoms with Crippen LogP contribution in [0.4, 0.5) is 11.4 Å². The van der Waals surface area contributed by atoms with Gasteiger partial charge in [0.15, 0.2) is 0 Å². The largest absolute Gasteiger partial charge is 0.378 e. The Morgan fingerprint density at radius 1 is 1.16 bits per heavy atom. The van der Waals surface area contributed by atoms with Crippen LogP contribution >= 0.6 is 11.9 Å². The molecule has 168 valence electrons. The molecule has 2 aromatic rings. The molecule has 0 radical (unpaired) electrons. The number of ether oxygens (including phenoxy) is 1.